The highest BCUT2D eigenvalue weighted by molar-refractivity contribution is 5.69. The average Bonchev–Trinajstić information content (AvgIpc) is 3.06. The summed E-state index contributed by atoms with van der Waals surface area (Å²) in [4.78, 5) is 23.2. The average molecular weight is 349 g/mol. The van der Waals surface area contributed by atoms with Crippen LogP contribution in [-0.2, 0) is 20.9 Å². The Kier molecular flexibility index (Phi) is 6.93. The van der Waals surface area contributed by atoms with Gasteiger partial charge in [0.05, 0.1) is 26.7 Å². The summed E-state index contributed by atoms with van der Waals surface area (Å²) in [5.74, 6) is -0.406. The molecule has 0 spiro atoms. The summed E-state index contributed by atoms with van der Waals surface area (Å²) in [6.07, 6.45) is 2.46. The van der Waals surface area contributed by atoms with E-state index in [0.29, 0.717) is 19.6 Å². The smallest absolute Gasteiger partial charge is 0.305 e. The number of nitrogens with zero attached hydrogens (tertiary/aromatic N) is 1. The van der Waals surface area contributed by atoms with Gasteiger partial charge in [-0.3, -0.25) is 14.9 Å². The molecule has 25 heavy (non-hydrogen) atoms. The van der Waals surface area contributed by atoms with Gasteiger partial charge in [0.15, 0.2) is 0 Å². The molecule has 0 N–H and O–H groups in total. The van der Waals surface area contributed by atoms with Crippen LogP contribution in [-0.4, -0.2) is 30.1 Å². The van der Waals surface area contributed by atoms with Crippen LogP contribution >= 0.6 is 0 Å². The first-order chi connectivity index (χ1) is 12.0. The SMILES string of the molecule is COC(=O)CC[C@@]1([N+](=O)[O-])CCC[C@@H]1[C@@H](C)COCc1ccccc1. The third kappa shape index (κ3) is 4.78. The van der Waals surface area contributed by atoms with Crippen LogP contribution in [0.5, 0.6) is 0 Å². The maximum absolute atomic E-state index is 11.8. The molecule has 138 valence electrons. The topological polar surface area (TPSA) is 78.7 Å². The van der Waals surface area contributed by atoms with E-state index in [2.05, 4.69) is 4.74 Å². The normalized spacial score (nSPS) is 24.0. The van der Waals surface area contributed by atoms with Gasteiger partial charge in [-0.1, -0.05) is 37.3 Å². The maximum Gasteiger partial charge on any atom is 0.305 e. The minimum Gasteiger partial charge on any atom is -0.469 e. The molecule has 1 saturated carbocycles. The fourth-order valence-corrected chi connectivity index (χ4v) is 4.00. The predicted octanol–water partition coefficient (Wildman–Crippen LogP) is 3.61. The molecule has 0 heterocycles. The van der Waals surface area contributed by atoms with Crippen LogP contribution in [0, 0.1) is 22.0 Å². The van der Waals surface area contributed by atoms with E-state index < -0.39 is 5.54 Å². The summed E-state index contributed by atoms with van der Waals surface area (Å²) >= 11 is 0. The zero-order valence-electron chi connectivity index (χ0n) is 15.0. The summed E-state index contributed by atoms with van der Waals surface area (Å²) in [6.45, 7) is 3.00. The van der Waals surface area contributed by atoms with Crippen LogP contribution in [0.15, 0.2) is 30.3 Å². The van der Waals surface area contributed by atoms with Gasteiger partial charge in [-0.25, -0.2) is 0 Å². The van der Waals surface area contributed by atoms with Gasteiger partial charge in [0.25, 0.3) is 0 Å². The molecule has 0 unspecified atom stereocenters. The summed E-state index contributed by atoms with van der Waals surface area (Å²) in [5.41, 5.74) is 0.0522. The number of hydrogen-bond donors (Lipinski definition) is 0. The quantitative estimate of drug-likeness (QED) is 0.386. The van der Waals surface area contributed by atoms with E-state index in [-0.39, 0.29) is 35.6 Å². The summed E-state index contributed by atoms with van der Waals surface area (Å²) in [6, 6.07) is 9.88. The van der Waals surface area contributed by atoms with E-state index in [1.165, 1.54) is 7.11 Å². The van der Waals surface area contributed by atoms with Crippen LogP contribution in [0.1, 0.15) is 44.6 Å². The molecule has 0 radical (unpaired) electrons. The molecular formula is C19H27NO5. The van der Waals surface area contributed by atoms with Gasteiger partial charge in [0, 0.05) is 23.7 Å². The van der Waals surface area contributed by atoms with Crippen molar-refractivity contribution in [3.63, 3.8) is 0 Å². The monoisotopic (exact) mass is 349 g/mol. The second-order valence-corrected chi connectivity index (χ2v) is 6.91. The fraction of sp³-hybridized carbons (Fsp3) is 0.632. The number of rotatable bonds is 9. The molecule has 3 atom stereocenters. The highest BCUT2D eigenvalue weighted by atomic mass is 16.6. The molecule has 0 saturated heterocycles. The van der Waals surface area contributed by atoms with Crippen LogP contribution in [0.4, 0.5) is 0 Å². The molecule has 6 nitrogen and oxygen atoms in total. The second kappa shape index (κ2) is 8.94. The Balaban J connectivity index is 1.96. The van der Waals surface area contributed by atoms with E-state index in [9.17, 15) is 14.9 Å². The van der Waals surface area contributed by atoms with Crippen LogP contribution in [0.2, 0.25) is 0 Å². The molecule has 1 aromatic carbocycles. The number of carbonyl (C=O) groups excluding carboxylic acids is 1. The molecule has 1 aliphatic rings. The molecule has 0 aromatic heterocycles. The first-order valence-electron chi connectivity index (χ1n) is 8.82. The molecule has 0 aliphatic heterocycles. The van der Waals surface area contributed by atoms with Crippen LogP contribution in [0.25, 0.3) is 0 Å². The first-order valence-corrected chi connectivity index (χ1v) is 8.82. The number of benzene rings is 1. The van der Waals surface area contributed by atoms with E-state index >= 15 is 0 Å². The molecule has 1 fully saturated rings. The van der Waals surface area contributed by atoms with Gasteiger partial charge in [-0.05, 0) is 24.3 Å². The van der Waals surface area contributed by atoms with Crippen molar-refractivity contribution >= 4 is 5.97 Å². The number of carbonyl (C=O) groups is 1. The Morgan fingerprint density at radius 3 is 2.76 bits per heavy atom. The van der Waals surface area contributed by atoms with Gasteiger partial charge in [-0.2, -0.15) is 0 Å². The summed E-state index contributed by atoms with van der Waals surface area (Å²) < 4.78 is 10.5. The van der Waals surface area contributed by atoms with Crippen molar-refractivity contribution in [1.29, 1.82) is 0 Å². The lowest BCUT2D eigenvalue weighted by Gasteiger charge is -2.31. The van der Waals surface area contributed by atoms with Crippen LogP contribution in [0.3, 0.4) is 0 Å². The third-order valence-electron chi connectivity index (χ3n) is 5.35. The minimum atomic E-state index is -1.04. The molecule has 1 aliphatic carbocycles. The van der Waals surface area contributed by atoms with Crippen molar-refractivity contribution in [3.8, 4) is 0 Å². The molecule has 1 aromatic rings. The third-order valence-corrected chi connectivity index (χ3v) is 5.35. The van der Waals surface area contributed by atoms with Gasteiger partial charge in [-0.15, -0.1) is 0 Å². The van der Waals surface area contributed by atoms with Crippen LogP contribution < -0.4 is 0 Å². The van der Waals surface area contributed by atoms with Crippen molar-refractivity contribution in [1.82, 2.24) is 0 Å². The fourth-order valence-electron chi connectivity index (χ4n) is 4.00. The van der Waals surface area contributed by atoms with Crippen molar-refractivity contribution in [3.05, 3.63) is 46.0 Å². The first kappa shape index (κ1) is 19.4. The molecule has 0 bridgehead atoms. The highest BCUT2D eigenvalue weighted by Gasteiger charge is 2.55. The maximum atomic E-state index is 11.8. The Labute approximate surface area is 148 Å². The molecule has 2 rings (SSSR count). The summed E-state index contributed by atoms with van der Waals surface area (Å²) in [7, 11) is 1.31. The zero-order chi connectivity index (χ0) is 18.3. The largest absolute Gasteiger partial charge is 0.469 e. The lowest BCUT2D eigenvalue weighted by molar-refractivity contribution is -0.581. The van der Waals surface area contributed by atoms with Crippen molar-refractivity contribution in [2.45, 2.75) is 51.2 Å². The Bertz CT molecular complexity index is 576. The number of esters is 1. The number of hydrogen-bond acceptors (Lipinski definition) is 5. The van der Waals surface area contributed by atoms with Gasteiger partial charge >= 0.3 is 5.97 Å². The lowest BCUT2D eigenvalue weighted by Crippen LogP contribution is -2.45. The number of nitro groups is 1. The Morgan fingerprint density at radius 1 is 1.40 bits per heavy atom. The van der Waals surface area contributed by atoms with E-state index in [0.717, 1.165) is 18.4 Å². The molecule has 0 amide bonds. The number of methoxy groups -OCH3 is 1. The summed E-state index contributed by atoms with van der Waals surface area (Å²) in [5, 5.41) is 11.8. The predicted molar refractivity (Wildman–Crippen MR) is 93.6 cm³/mol. The van der Waals surface area contributed by atoms with Crippen molar-refractivity contribution in [2.24, 2.45) is 11.8 Å². The van der Waals surface area contributed by atoms with Crippen molar-refractivity contribution in [2.75, 3.05) is 13.7 Å². The van der Waals surface area contributed by atoms with E-state index in [1.54, 1.807) is 0 Å². The standard InChI is InChI=1S/C19H27NO5/c1-15(13-25-14-16-7-4-3-5-8-16)17-9-6-11-19(17,20(22)23)12-10-18(21)24-2/h3-5,7-8,15,17H,6,9-14H2,1-2H3/t15-,17+,19-/m0/s1. The van der Waals surface area contributed by atoms with Gasteiger partial charge in [0.2, 0.25) is 5.54 Å². The second-order valence-electron chi connectivity index (χ2n) is 6.91. The molecule has 6 heteroatoms. The highest BCUT2D eigenvalue weighted by Crippen LogP contribution is 2.45. The minimum absolute atomic E-state index is 0.0641. The zero-order valence-corrected chi connectivity index (χ0v) is 15.0. The Hall–Kier alpha value is -1.95. The Morgan fingerprint density at radius 2 is 2.12 bits per heavy atom. The van der Waals surface area contributed by atoms with Gasteiger partial charge < -0.3 is 9.47 Å². The molecular weight excluding hydrogens is 322 g/mol. The van der Waals surface area contributed by atoms with Crippen molar-refractivity contribution < 1.29 is 19.2 Å². The van der Waals surface area contributed by atoms with E-state index in [1.807, 2.05) is 37.3 Å². The number of ether oxygens (including phenoxy) is 2. The lowest BCUT2D eigenvalue weighted by atomic mass is 9.76. The van der Waals surface area contributed by atoms with Gasteiger partial charge in [0.1, 0.15) is 0 Å². The van der Waals surface area contributed by atoms with E-state index in [4.69, 9.17) is 4.74 Å².